The van der Waals surface area contributed by atoms with Crippen molar-refractivity contribution >= 4 is 12.2 Å². The number of carboxylic acids is 1. The Hall–Kier alpha value is -2.82. The second kappa shape index (κ2) is 9.47. The van der Waals surface area contributed by atoms with E-state index in [4.69, 9.17) is 9.57 Å². The minimum Gasteiger partial charge on any atom is -0.478 e. The molecule has 2 rings (SSSR count). The molecule has 0 saturated carbocycles. The summed E-state index contributed by atoms with van der Waals surface area (Å²) in [6, 6.07) is 16.5. The number of ether oxygens (including phenoxy) is 1. The molecule has 0 bridgehead atoms. The van der Waals surface area contributed by atoms with E-state index >= 15 is 0 Å². The van der Waals surface area contributed by atoms with E-state index in [0.717, 1.165) is 11.1 Å². The Morgan fingerprint density at radius 3 is 2.40 bits per heavy atom. The fourth-order valence-corrected chi connectivity index (χ4v) is 2.09. The van der Waals surface area contributed by atoms with Gasteiger partial charge in [-0.15, -0.1) is 0 Å². The normalized spacial score (nSPS) is 12.3. The van der Waals surface area contributed by atoms with Crippen molar-refractivity contribution in [1.82, 2.24) is 0 Å². The van der Waals surface area contributed by atoms with E-state index in [9.17, 15) is 9.90 Å². The summed E-state index contributed by atoms with van der Waals surface area (Å²) in [5.74, 6) is -0.0642. The molecule has 0 fully saturated rings. The quantitative estimate of drug-likeness (QED) is 0.557. The second-order valence-corrected chi connectivity index (χ2v) is 6.13. The molecule has 5 nitrogen and oxygen atoms in total. The molecule has 0 radical (unpaired) electrons. The molecule has 0 aliphatic carbocycles. The van der Waals surface area contributed by atoms with Crippen LogP contribution < -0.4 is 4.74 Å². The van der Waals surface area contributed by atoms with Crippen molar-refractivity contribution in [3.8, 4) is 5.75 Å². The van der Waals surface area contributed by atoms with Crippen LogP contribution in [0.5, 0.6) is 5.75 Å². The van der Waals surface area contributed by atoms with E-state index in [1.54, 1.807) is 30.5 Å². The second-order valence-electron chi connectivity index (χ2n) is 6.13. The minimum atomic E-state index is -0.989. The summed E-state index contributed by atoms with van der Waals surface area (Å²) in [6.45, 7) is 4.67. The van der Waals surface area contributed by atoms with Crippen molar-refractivity contribution in [1.29, 1.82) is 0 Å². The van der Waals surface area contributed by atoms with Crippen molar-refractivity contribution in [2.75, 3.05) is 6.61 Å². The molecule has 2 aromatic rings. The molecule has 5 heteroatoms. The minimum absolute atomic E-state index is 0.308. The van der Waals surface area contributed by atoms with Crippen molar-refractivity contribution in [3.63, 3.8) is 0 Å². The van der Waals surface area contributed by atoms with Gasteiger partial charge < -0.3 is 14.7 Å². The summed E-state index contributed by atoms with van der Waals surface area (Å²) in [7, 11) is 0. The fraction of sp³-hybridized carbons (Fsp3) is 0.300. The fourth-order valence-electron chi connectivity index (χ4n) is 2.09. The smallest absolute Gasteiger partial charge is 0.345 e. The Labute approximate surface area is 147 Å². The van der Waals surface area contributed by atoms with E-state index in [-0.39, 0.29) is 0 Å². The number of hydrogen-bond donors (Lipinski definition) is 1. The summed E-state index contributed by atoms with van der Waals surface area (Å²) in [5.41, 5.74) is 1.77. The van der Waals surface area contributed by atoms with E-state index in [2.05, 4.69) is 19.0 Å². The van der Waals surface area contributed by atoms with E-state index in [0.29, 0.717) is 24.7 Å². The van der Waals surface area contributed by atoms with Crippen LogP contribution in [0.15, 0.2) is 59.8 Å². The molecular weight excluding hydrogens is 318 g/mol. The molecule has 2 aromatic carbocycles. The molecule has 0 amide bonds. The van der Waals surface area contributed by atoms with Crippen LogP contribution >= 0.6 is 0 Å². The molecule has 0 aliphatic rings. The predicted molar refractivity (Wildman–Crippen MR) is 97.0 cm³/mol. The zero-order chi connectivity index (χ0) is 18.1. The maximum atomic E-state index is 11.4. The molecule has 1 unspecified atom stereocenters. The van der Waals surface area contributed by atoms with Gasteiger partial charge >= 0.3 is 5.97 Å². The molecule has 0 spiro atoms. The Morgan fingerprint density at radius 1 is 1.12 bits per heavy atom. The van der Waals surface area contributed by atoms with Gasteiger partial charge in [0.2, 0.25) is 0 Å². The summed E-state index contributed by atoms with van der Waals surface area (Å²) in [5, 5.41) is 13.3. The van der Waals surface area contributed by atoms with Crippen LogP contribution in [-0.4, -0.2) is 30.0 Å². The van der Waals surface area contributed by atoms with Gasteiger partial charge in [0.25, 0.3) is 0 Å². The van der Waals surface area contributed by atoms with Gasteiger partial charge in [-0.25, -0.2) is 4.79 Å². The number of benzene rings is 2. The monoisotopic (exact) mass is 341 g/mol. The van der Waals surface area contributed by atoms with Gasteiger partial charge in [-0.2, -0.15) is 0 Å². The number of carboxylic acid groups (broad SMARTS) is 1. The first kappa shape index (κ1) is 18.5. The third-order valence-electron chi connectivity index (χ3n) is 3.38. The summed E-state index contributed by atoms with van der Waals surface area (Å²) < 4.78 is 5.62. The van der Waals surface area contributed by atoms with E-state index in [1.165, 1.54) is 0 Å². The van der Waals surface area contributed by atoms with Crippen LogP contribution in [0, 0.1) is 5.92 Å². The molecule has 25 heavy (non-hydrogen) atoms. The number of rotatable bonds is 9. The van der Waals surface area contributed by atoms with Gasteiger partial charge in [0.05, 0.1) is 6.21 Å². The molecule has 1 N–H and O–H groups in total. The predicted octanol–water partition coefficient (Wildman–Crippen LogP) is 3.77. The van der Waals surface area contributed by atoms with Crippen molar-refractivity contribution < 1.29 is 19.5 Å². The lowest BCUT2D eigenvalue weighted by atomic mass is 10.1. The highest BCUT2D eigenvalue weighted by atomic mass is 16.6. The van der Waals surface area contributed by atoms with Crippen LogP contribution in [0.4, 0.5) is 0 Å². The molecule has 0 saturated heterocycles. The number of hydrogen-bond acceptors (Lipinski definition) is 4. The highest BCUT2D eigenvalue weighted by molar-refractivity contribution is 5.79. The van der Waals surface area contributed by atoms with Gasteiger partial charge in [0, 0.05) is 6.42 Å². The zero-order valence-electron chi connectivity index (χ0n) is 14.5. The molecule has 0 aliphatic heterocycles. The average molecular weight is 341 g/mol. The number of nitrogens with zero attached hydrogens (tertiary/aromatic N) is 1. The Bertz CT molecular complexity index is 681. The summed E-state index contributed by atoms with van der Waals surface area (Å²) >= 11 is 0. The summed E-state index contributed by atoms with van der Waals surface area (Å²) in [4.78, 5) is 16.6. The third-order valence-corrected chi connectivity index (χ3v) is 3.38. The van der Waals surface area contributed by atoms with Crippen LogP contribution in [0.1, 0.15) is 25.0 Å². The van der Waals surface area contributed by atoms with Crippen molar-refractivity contribution in [3.05, 3.63) is 65.7 Å². The average Bonchev–Trinajstić information content (AvgIpc) is 2.60. The molecule has 0 aromatic heterocycles. The van der Waals surface area contributed by atoms with Gasteiger partial charge in [-0.3, -0.25) is 0 Å². The maximum Gasteiger partial charge on any atom is 0.345 e. The van der Waals surface area contributed by atoms with Gasteiger partial charge in [-0.1, -0.05) is 49.3 Å². The zero-order valence-corrected chi connectivity index (χ0v) is 14.5. The van der Waals surface area contributed by atoms with Gasteiger partial charge in [-0.05, 0) is 41.3 Å². The van der Waals surface area contributed by atoms with Crippen LogP contribution in [0.25, 0.3) is 0 Å². The van der Waals surface area contributed by atoms with Crippen LogP contribution in [-0.2, 0) is 16.1 Å². The third kappa shape index (κ3) is 6.67. The Kier molecular flexibility index (Phi) is 7.01. The first-order valence-corrected chi connectivity index (χ1v) is 8.23. The number of aliphatic carboxylic acids is 1. The lowest BCUT2D eigenvalue weighted by Gasteiger charge is -2.15. The molecule has 1 atom stereocenters. The first-order chi connectivity index (χ1) is 12.0. The standard InChI is InChI=1S/C20H23NO4/c1-15(2)14-24-21-13-17-8-10-18(11-9-17)25-19(20(22)23)12-16-6-4-3-5-7-16/h3-11,13,15,19H,12,14H2,1-2H3,(H,22,23)/b21-13+. The highest BCUT2D eigenvalue weighted by Crippen LogP contribution is 2.16. The van der Waals surface area contributed by atoms with Gasteiger partial charge in [0.15, 0.2) is 6.10 Å². The molecular formula is C20H23NO4. The molecule has 0 heterocycles. The van der Waals surface area contributed by atoms with E-state index < -0.39 is 12.1 Å². The SMILES string of the molecule is CC(C)CO/N=C/c1ccc(OC(Cc2ccccc2)C(=O)O)cc1. The van der Waals surface area contributed by atoms with E-state index in [1.807, 2.05) is 30.3 Å². The van der Waals surface area contributed by atoms with Gasteiger partial charge in [0.1, 0.15) is 12.4 Å². The van der Waals surface area contributed by atoms with Crippen molar-refractivity contribution in [2.24, 2.45) is 11.1 Å². The van der Waals surface area contributed by atoms with Crippen molar-refractivity contribution in [2.45, 2.75) is 26.4 Å². The lowest BCUT2D eigenvalue weighted by Crippen LogP contribution is -2.29. The summed E-state index contributed by atoms with van der Waals surface area (Å²) in [6.07, 6.45) is 0.990. The first-order valence-electron chi connectivity index (χ1n) is 8.23. The van der Waals surface area contributed by atoms with Crippen LogP contribution in [0.2, 0.25) is 0 Å². The topological polar surface area (TPSA) is 68.1 Å². The lowest BCUT2D eigenvalue weighted by molar-refractivity contribution is -0.145. The maximum absolute atomic E-state index is 11.4. The number of oxime groups is 1. The van der Waals surface area contributed by atoms with Crippen LogP contribution in [0.3, 0.4) is 0 Å². The Morgan fingerprint density at radius 2 is 1.80 bits per heavy atom. The molecule has 132 valence electrons. The largest absolute Gasteiger partial charge is 0.478 e. The Balaban J connectivity index is 1.94. The number of carbonyl (C=O) groups is 1. The highest BCUT2D eigenvalue weighted by Gasteiger charge is 2.19.